The van der Waals surface area contributed by atoms with Crippen molar-refractivity contribution in [1.82, 2.24) is 9.80 Å². The number of carbonyl (C=O) groups is 2. The van der Waals surface area contributed by atoms with Gasteiger partial charge in [-0.2, -0.15) is 0 Å². The minimum Gasteiger partial charge on any atom is -0.459 e. The zero-order valence-corrected chi connectivity index (χ0v) is 20.7. The maximum atomic E-state index is 12.4. The first-order valence-electron chi connectivity index (χ1n) is 11.5. The highest BCUT2D eigenvalue weighted by molar-refractivity contribution is 6.37. The highest BCUT2D eigenvalue weighted by atomic mass is 16.8. The molecule has 1 aliphatic heterocycles. The Balaban J connectivity index is 1.63. The Kier molecular flexibility index (Phi) is 10.2. The van der Waals surface area contributed by atoms with Crippen LogP contribution >= 0.6 is 0 Å². The van der Waals surface area contributed by atoms with E-state index in [1.165, 1.54) is 0 Å². The third kappa shape index (κ3) is 8.76. The fourth-order valence-corrected chi connectivity index (χ4v) is 3.60. The molecule has 0 aliphatic carbocycles. The van der Waals surface area contributed by atoms with Crippen LogP contribution in [-0.2, 0) is 23.4 Å². The molecule has 2 aromatic carbocycles. The molecule has 9 nitrogen and oxygen atoms in total. The van der Waals surface area contributed by atoms with E-state index in [-0.39, 0.29) is 19.3 Å². The number of esters is 2. The van der Waals surface area contributed by atoms with Gasteiger partial charge in [-0.15, -0.1) is 0 Å². The maximum Gasteiger partial charge on any atom is 0.640 e. The van der Waals surface area contributed by atoms with E-state index in [2.05, 4.69) is 0 Å². The Morgan fingerprint density at radius 2 is 1.17 bits per heavy atom. The van der Waals surface area contributed by atoms with E-state index >= 15 is 0 Å². The number of ether oxygens (including phenoxy) is 2. The molecular weight excluding hydrogens is 451 g/mol. The molecule has 0 aromatic heterocycles. The van der Waals surface area contributed by atoms with Crippen molar-refractivity contribution in [3.63, 3.8) is 0 Å². The Hall–Kier alpha value is -2.76. The lowest BCUT2D eigenvalue weighted by atomic mass is 10.2. The van der Waals surface area contributed by atoms with E-state index in [1.807, 2.05) is 50.1 Å². The smallest absolute Gasteiger partial charge is 0.459 e. The fraction of sp³-hybridized carbons (Fsp3) is 0.440. The summed E-state index contributed by atoms with van der Waals surface area (Å²) in [4.78, 5) is 28.9. The van der Waals surface area contributed by atoms with Gasteiger partial charge in [0.05, 0.1) is 17.2 Å². The van der Waals surface area contributed by atoms with Gasteiger partial charge in [-0.3, -0.25) is 0 Å². The molecule has 35 heavy (non-hydrogen) atoms. The minimum absolute atomic E-state index is 0.0762. The van der Waals surface area contributed by atoms with Crippen LogP contribution in [0.1, 0.15) is 20.7 Å². The molecule has 1 aliphatic rings. The lowest BCUT2D eigenvalue weighted by Crippen LogP contribution is -2.41. The molecule has 0 amide bonds. The Labute approximate surface area is 207 Å². The zero-order valence-electron chi connectivity index (χ0n) is 20.7. The summed E-state index contributed by atoms with van der Waals surface area (Å²) in [6, 6.07) is 17.4. The van der Waals surface area contributed by atoms with Gasteiger partial charge in [0.25, 0.3) is 0 Å². The van der Waals surface area contributed by atoms with Gasteiger partial charge in [0.2, 0.25) is 0 Å². The molecular formula is C25H33BN2O7. The number of benzene rings is 2. The van der Waals surface area contributed by atoms with E-state index in [4.69, 9.17) is 23.4 Å². The zero-order chi connectivity index (χ0) is 25.2. The summed E-state index contributed by atoms with van der Waals surface area (Å²) in [5.74, 6) is -0.951. The summed E-state index contributed by atoms with van der Waals surface area (Å²) < 4.78 is 28.9. The van der Waals surface area contributed by atoms with Crippen molar-refractivity contribution in [1.29, 1.82) is 0 Å². The lowest BCUT2D eigenvalue weighted by Gasteiger charge is -2.25. The van der Waals surface area contributed by atoms with E-state index in [9.17, 15) is 9.59 Å². The first-order valence-corrected chi connectivity index (χ1v) is 11.5. The van der Waals surface area contributed by atoms with E-state index < -0.39 is 31.5 Å². The second kappa shape index (κ2) is 13.4. The molecule has 0 unspecified atom stereocenters. The highest BCUT2D eigenvalue weighted by Crippen LogP contribution is 2.21. The summed E-state index contributed by atoms with van der Waals surface area (Å²) in [7, 11) is 6.85. The Morgan fingerprint density at radius 3 is 1.54 bits per heavy atom. The molecule has 0 N–H and O–H groups in total. The molecule has 0 spiro atoms. The minimum atomic E-state index is -0.985. The SMILES string of the molecule is CN(C)CC(CN(C)C)OB1O[C@H](COC(=O)c2ccccc2)[C@@H](COC(=O)c2ccccc2)O1. The Morgan fingerprint density at radius 1 is 0.771 bits per heavy atom. The van der Waals surface area contributed by atoms with Gasteiger partial charge >= 0.3 is 19.3 Å². The van der Waals surface area contributed by atoms with Crippen molar-refractivity contribution < 1.29 is 33.0 Å². The normalized spacial score (nSPS) is 17.9. The molecule has 188 valence electrons. The first-order chi connectivity index (χ1) is 16.8. The van der Waals surface area contributed by atoms with Gasteiger partial charge < -0.3 is 33.2 Å². The van der Waals surface area contributed by atoms with Crippen molar-refractivity contribution in [2.45, 2.75) is 18.3 Å². The molecule has 0 bridgehead atoms. The van der Waals surface area contributed by atoms with Crippen LogP contribution in [0, 0.1) is 0 Å². The van der Waals surface area contributed by atoms with Crippen molar-refractivity contribution in [2.24, 2.45) is 0 Å². The van der Waals surface area contributed by atoms with Gasteiger partial charge in [0, 0.05) is 13.1 Å². The molecule has 1 fully saturated rings. The standard InChI is InChI=1S/C25H33BN2O7/c1-27(2)15-21(16-28(3)4)33-26-34-22(17-31-24(29)19-11-7-5-8-12-19)23(35-26)18-32-25(30)20-13-9-6-10-14-20/h5-14,21-23H,15-18H2,1-4H3/t22-,23-/m1/s1. The summed E-state index contributed by atoms with van der Waals surface area (Å²) in [5, 5.41) is 0. The average Bonchev–Trinajstić information content (AvgIpc) is 3.22. The quantitative estimate of drug-likeness (QED) is 0.332. The lowest BCUT2D eigenvalue weighted by molar-refractivity contribution is 0.00330. The van der Waals surface area contributed by atoms with Crippen LogP contribution in [0.5, 0.6) is 0 Å². The van der Waals surface area contributed by atoms with Crippen LogP contribution in [0.2, 0.25) is 0 Å². The fourth-order valence-electron chi connectivity index (χ4n) is 3.60. The van der Waals surface area contributed by atoms with Crippen LogP contribution in [0.15, 0.2) is 60.7 Å². The average molecular weight is 484 g/mol. The molecule has 2 aromatic rings. The van der Waals surface area contributed by atoms with Crippen molar-refractivity contribution in [3.8, 4) is 0 Å². The molecule has 2 atom stereocenters. The maximum absolute atomic E-state index is 12.4. The van der Waals surface area contributed by atoms with Crippen molar-refractivity contribution in [3.05, 3.63) is 71.8 Å². The van der Waals surface area contributed by atoms with Crippen LogP contribution in [0.3, 0.4) is 0 Å². The number of hydrogen-bond acceptors (Lipinski definition) is 9. The molecule has 0 radical (unpaired) electrons. The van der Waals surface area contributed by atoms with Crippen LogP contribution in [0.4, 0.5) is 0 Å². The number of likely N-dealkylation sites (N-methyl/N-ethyl adjacent to an activating group) is 2. The summed E-state index contributed by atoms with van der Waals surface area (Å²) in [6.45, 7) is 1.16. The summed E-state index contributed by atoms with van der Waals surface area (Å²) in [6.07, 6.45) is -1.53. The van der Waals surface area contributed by atoms with E-state index in [1.54, 1.807) is 48.5 Å². The van der Waals surface area contributed by atoms with Crippen LogP contribution < -0.4 is 0 Å². The number of nitrogens with zero attached hydrogens (tertiary/aromatic N) is 2. The molecule has 3 rings (SSSR count). The van der Waals surface area contributed by atoms with E-state index in [0.29, 0.717) is 24.2 Å². The molecule has 1 saturated heterocycles. The molecule has 10 heteroatoms. The monoisotopic (exact) mass is 484 g/mol. The second-order valence-electron chi connectivity index (χ2n) is 8.85. The van der Waals surface area contributed by atoms with E-state index in [0.717, 1.165) is 0 Å². The third-order valence-corrected chi connectivity index (χ3v) is 5.20. The Bertz CT molecular complexity index is 856. The van der Waals surface area contributed by atoms with Gasteiger partial charge in [-0.1, -0.05) is 36.4 Å². The second-order valence-corrected chi connectivity index (χ2v) is 8.85. The first kappa shape index (κ1) is 26.8. The summed E-state index contributed by atoms with van der Waals surface area (Å²) >= 11 is 0. The van der Waals surface area contributed by atoms with Gasteiger partial charge in [0.1, 0.15) is 25.4 Å². The van der Waals surface area contributed by atoms with Crippen LogP contribution in [-0.4, -0.2) is 102 Å². The predicted molar refractivity (Wildman–Crippen MR) is 131 cm³/mol. The van der Waals surface area contributed by atoms with Gasteiger partial charge in [0.15, 0.2) is 0 Å². The van der Waals surface area contributed by atoms with Crippen LogP contribution in [0.25, 0.3) is 0 Å². The topological polar surface area (TPSA) is 86.8 Å². The van der Waals surface area contributed by atoms with Gasteiger partial charge in [-0.05, 0) is 52.5 Å². The summed E-state index contributed by atoms with van der Waals surface area (Å²) in [5.41, 5.74) is 0.867. The number of carbonyl (C=O) groups excluding carboxylic acids is 2. The largest absolute Gasteiger partial charge is 0.640 e. The number of hydrogen-bond donors (Lipinski definition) is 0. The van der Waals surface area contributed by atoms with Crippen molar-refractivity contribution >= 4 is 19.3 Å². The van der Waals surface area contributed by atoms with Gasteiger partial charge in [-0.25, -0.2) is 9.59 Å². The molecule has 1 heterocycles. The predicted octanol–water partition coefficient (Wildman–Crippen LogP) is 1.98. The number of rotatable bonds is 12. The van der Waals surface area contributed by atoms with Crippen molar-refractivity contribution in [2.75, 3.05) is 54.5 Å². The third-order valence-electron chi connectivity index (χ3n) is 5.20. The molecule has 0 saturated carbocycles. The highest BCUT2D eigenvalue weighted by Gasteiger charge is 2.44.